The summed E-state index contributed by atoms with van der Waals surface area (Å²) >= 11 is 5.82. The van der Waals surface area contributed by atoms with E-state index in [1.165, 1.54) is 37.5 Å². The highest BCUT2D eigenvalue weighted by atomic mass is 35.5. The number of likely N-dealkylation sites (N-methyl/N-ethyl adjacent to an activating group) is 1. The highest BCUT2D eigenvalue weighted by molar-refractivity contribution is 6.32. The van der Waals surface area contributed by atoms with Gasteiger partial charge in [0.1, 0.15) is 11.7 Å². The Labute approximate surface area is 168 Å². The molecule has 3 rings (SSSR count). The molecule has 1 aromatic heterocycles. The number of pyridine rings is 1. The number of alkyl halides is 3. The molecule has 0 bridgehead atoms. The number of anilines is 1. The van der Waals surface area contributed by atoms with Crippen molar-refractivity contribution in [2.24, 2.45) is 0 Å². The van der Waals surface area contributed by atoms with Gasteiger partial charge in [-0.15, -0.1) is 0 Å². The quantitative estimate of drug-likeness (QED) is 0.597. The van der Waals surface area contributed by atoms with E-state index in [4.69, 9.17) is 11.6 Å². The first-order valence-corrected chi connectivity index (χ1v) is 8.76. The van der Waals surface area contributed by atoms with Crippen molar-refractivity contribution in [2.75, 3.05) is 18.5 Å². The van der Waals surface area contributed by atoms with Gasteiger partial charge in [0.15, 0.2) is 0 Å². The molecule has 1 N–H and O–H groups in total. The number of carbonyl (C=O) groups excluding carboxylic acids is 2. The molecule has 11 heteroatoms. The molecule has 2 heterocycles. The monoisotopic (exact) mass is 430 g/mol. The van der Waals surface area contributed by atoms with Crippen LogP contribution in [0.1, 0.15) is 11.1 Å². The van der Waals surface area contributed by atoms with Crippen molar-refractivity contribution in [3.05, 3.63) is 58.6 Å². The van der Waals surface area contributed by atoms with Gasteiger partial charge in [0.2, 0.25) is 11.9 Å². The minimum absolute atomic E-state index is 0.0689. The minimum atomic E-state index is -4.62. The molecule has 1 unspecified atom stereocenters. The van der Waals surface area contributed by atoms with Crippen molar-refractivity contribution < 1.29 is 27.2 Å². The molecule has 1 fully saturated rings. The summed E-state index contributed by atoms with van der Waals surface area (Å²) in [5, 5.41) is 1.97. The molecule has 1 aliphatic rings. The van der Waals surface area contributed by atoms with E-state index in [-0.39, 0.29) is 24.3 Å². The van der Waals surface area contributed by atoms with Crippen molar-refractivity contribution in [3.63, 3.8) is 0 Å². The lowest BCUT2D eigenvalue weighted by Gasteiger charge is -2.18. The van der Waals surface area contributed by atoms with Gasteiger partial charge in [-0.3, -0.25) is 9.69 Å². The lowest BCUT2D eigenvalue weighted by atomic mass is 10.1. The standard InChI is InChI=1S/C18H15ClF4N4O2/c1-26-13(9-27(17(26)29)12-6-3-7-24-15(12)20)16(28)25-8-10-4-2-5-11(14(10)19)18(21,22)23/h2-7,13H,8-9H2,1H3,(H,25,28). The summed E-state index contributed by atoms with van der Waals surface area (Å²) in [7, 11) is 1.37. The van der Waals surface area contributed by atoms with E-state index in [9.17, 15) is 27.2 Å². The van der Waals surface area contributed by atoms with Gasteiger partial charge in [-0.1, -0.05) is 23.7 Å². The highest BCUT2D eigenvalue weighted by Crippen LogP contribution is 2.36. The number of nitrogens with one attached hydrogen (secondary N) is 1. The summed E-state index contributed by atoms with van der Waals surface area (Å²) in [6, 6.07) is 4.64. The summed E-state index contributed by atoms with van der Waals surface area (Å²) < 4.78 is 52.7. The second-order valence-corrected chi connectivity index (χ2v) is 6.71. The number of hydrogen-bond donors (Lipinski definition) is 1. The summed E-state index contributed by atoms with van der Waals surface area (Å²) in [4.78, 5) is 30.6. The Balaban J connectivity index is 1.72. The molecule has 1 aliphatic heterocycles. The molecule has 1 aromatic carbocycles. The van der Waals surface area contributed by atoms with Crippen LogP contribution in [0.15, 0.2) is 36.5 Å². The van der Waals surface area contributed by atoms with Crippen LogP contribution < -0.4 is 10.2 Å². The SMILES string of the molecule is CN1C(=O)N(c2cccnc2F)CC1C(=O)NCc1cccc(C(F)(F)F)c1Cl. The third-order valence-corrected chi connectivity index (χ3v) is 4.97. The lowest BCUT2D eigenvalue weighted by Crippen LogP contribution is -2.43. The van der Waals surface area contributed by atoms with Crippen molar-refractivity contribution >= 4 is 29.2 Å². The first kappa shape index (κ1) is 20.8. The zero-order valence-corrected chi connectivity index (χ0v) is 15.8. The van der Waals surface area contributed by atoms with Gasteiger partial charge in [0.05, 0.1) is 17.1 Å². The largest absolute Gasteiger partial charge is 0.417 e. The Bertz CT molecular complexity index is 954. The smallest absolute Gasteiger partial charge is 0.350 e. The molecule has 6 nitrogen and oxygen atoms in total. The maximum atomic E-state index is 13.9. The van der Waals surface area contributed by atoms with Crippen LogP contribution in [0.5, 0.6) is 0 Å². The Morgan fingerprint density at radius 2 is 2.03 bits per heavy atom. The topological polar surface area (TPSA) is 65.5 Å². The fourth-order valence-corrected chi connectivity index (χ4v) is 3.27. The van der Waals surface area contributed by atoms with Crippen LogP contribution in [0.4, 0.5) is 28.0 Å². The fourth-order valence-electron chi connectivity index (χ4n) is 2.97. The summed E-state index contributed by atoms with van der Waals surface area (Å²) in [6.45, 7) is -0.401. The first-order chi connectivity index (χ1) is 13.6. The average Bonchev–Trinajstić information content (AvgIpc) is 2.95. The number of benzene rings is 1. The van der Waals surface area contributed by atoms with E-state index in [1.54, 1.807) is 0 Å². The van der Waals surface area contributed by atoms with Gasteiger partial charge >= 0.3 is 12.2 Å². The number of halogens is 5. The van der Waals surface area contributed by atoms with Gasteiger partial charge in [0.25, 0.3) is 0 Å². The van der Waals surface area contributed by atoms with Gasteiger partial charge < -0.3 is 10.2 Å². The van der Waals surface area contributed by atoms with Crippen LogP contribution >= 0.6 is 11.6 Å². The average molecular weight is 431 g/mol. The number of rotatable bonds is 4. The number of hydrogen-bond acceptors (Lipinski definition) is 3. The third-order valence-electron chi connectivity index (χ3n) is 4.53. The van der Waals surface area contributed by atoms with Crippen molar-refractivity contribution in [3.8, 4) is 0 Å². The molecule has 1 saturated heterocycles. The Morgan fingerprint density at radius 3 is 2.69 bits per heavy atom. The zero-order valence-electron chi connectivity index (χ0n) is 15.0. The fraction of sp³-hybridized carbons (Fsp3) is 0.278. The van der Waals surface area contributed by atoms with E-state index in [0.29, 0.717) is 0 Å². The van der Waals surface area contributed by atoms with E-state index in [1.807, 2.05) is 0 Å². The van der Waals surface area contributed by atoms with Crippen LogP contribution in [0.2, 0.25) is 5.02 Å². The predicted molar refractivity (Wildman–Crippen MR) is 96.8 cm³/mol. The van der Waals surface area contributed by atoms with Crippen molar-refractivity contribution in [1.29, 1.82) is 0 Å². The second kappa shape index (κ2) is 7.86. The maximum absolute atomic E-state index is 13.9. The normalized spacial score (nSPS) is 17.0. The lowest BCUT2D eigenvalue weighted by molar-refractivity contribution is -0.137. The van der Waals surface area contributed by atoms with Crippen LogP contribution in [-0.2, 0) is 17.5 Å². The summed E-state index contributed by atoms with van der Waals surface area (Å²) in [5.74, 6) is -1.47. The van der Waals surface area contributed by atoms with Crippen LogP contribution in [0.25, 0.3) is 0 Å². The van der Waals surface area contributed by atoms with Gasteiger partial charge in [-0.2, -0.15) is 17.6 Å². The van der Waals surface area contributed by atoms with E-state index in [2.05, 4.69) is 10.3 Å². The van der Waals surface area contributed by atoms with Gasteiger partial charge in [-0.05, 0) is 23.8 Å². The van der Waals surface area contributed by atoms with Crippen LogP contribution in [-0.4, -0.2) is 41.5 Å². The molecular weight excluding hydrogens is 416 g/mol. The molecule has 1 atom stereocenters. The molecule has 154 valence electrons. The zero-order chi connectivity index (χ0) is 21.3. The van der Waals surface area contributed by atoms with E-state index >= 15 is 0 Å². The molecular formula is C18H15ClF4N4O2. The molecule has 3 amide bonds. The van der Waals surface area contributed by atoms with E-state index < -0.39 is 40.7 Å². The number of carbonyl (C=O) groups is 2. The Morgan fingerprint density at radius 1 is 1.31 bits per heavy atom. The Hall–Kier alpha value is -2.88. The van der Waals surface area contributed by atoms with Gasteiger partial charge in [0, 0.05) is 19.8 Å². The highest BCUT2D eigenvalue weighted by Gasteiger charge is 2.41. The van der Waals surface area contributed by atoms with Crippen molar-refractivity contribution in [1.82, 2.24) is 15.2 Å². The van der Waals surface area contributed by atoms with E-state index in [0.717, 1.165) is 15.9 Å². The molecule has 2 aromatic rings. The first-order valence-electron chi connectivity index (χ1n) is 8.38. The second-order valence-electron chi connectivity index (χ2n) is 6.33. The predicted octanol–water partition coefficient (Wildman–Crippen LogP) is 3.45. The molecule has 0 aliphatic carbocycles. The van der Waals surface area contributed by atoms with Crippen molar-refractivity contribution in [2.45, 2.75) is 18.8 Å². The molecule has 29 heavy (non-hydrogen) atoms. The molecule has 0 radical (unpaired) electrons. The van der Waals surface area contributed by atoms with Crippen LogP contribution in [0, 0.1) is 5.95 Å². The number of nitrogens with zero attached hydrogens (tertiary/aromatic N) is 3. The minimum Gasteiger partial charge on any atom is -0.350 e. The number of urea groups is 1. The third kappa shape index (κ3) is 4.12. The summed E-state index contributed by atoms with van der Waals surface area (Å²) in [5.41, 5.74) is -0.991. The maximum Gasteiger partial charge on any atom is 0.417 e. The van der Waals surface area contributed by atoms with Gasteiger partial charge in [-0.25, -0.2) is 9.78 Å². The molecule has 0 saturated carbocycles. The van der Waals surface area contributed by atoms with Crippen LogP contribution in [0.3, 0.4) is 0 Å². The number of aromatic nitrogens is 1. The Kier molecular flexibility index (Phi) is 5.65. The number of amides is 3. The molecule has 0 spiro atoms. The summed E-state index contributed by atoms with van der Waals surface area (Å²) in [6.07, 6.45) is -3.39.